The molecule has 0 atom stereocenters. The SMILES string of the molecule is CN(Cc1cnn(C)c1)S(=O)(=O)c1cc(C(=O)O)sc1Br. The minimum atomic E-state index is -3.77. The molecule has 2 aromatic rings. The molecule has 0 amide bonds. The van der Waals surface area contributed by atoms with E-state index in [-0.39, 0.29) is 20.1 Å². The summed E-state index contributed by atoms with van der Waals surface area (Å²) in [7, 11) is -0.595. The molecule has 2 heterocycles. The fraction of sp³-hybridized carbons (Fsp3) is 0.273. The van der Waals surface area contributed by atoms with Crippen molar-refractivity contribution >= 4 is 43.3 Å². The van der Waals surface area contributed by atoms with Crippen LogP contribution in [0.2, 0.25) is 0 Å². The zero-order chi connectivity index (χ0) is 15.8. The van der Waals surface area contributed by atoms with E-state index in [1.54, 1.807) is 24.1 Å². The fourth-order valence-electron chi connectivity index (χ4n) is 1.70. The van der Waals surface area contributed by atoms with E-state index in [1.807, 2.05) is 0 Å². The van der Waals surface area contributed by atoms with Gasteiger partial charge in [0.25, 0.3) is 0 Å². The van der Waals surface area contributed by atoms with Crippen molar-refractivity contribution in [2.24, 2.45) is 7.05 Å². The van der Waals surface area contributed by atoms with E-state index >= 15 is 0 Å². The van der Waals surface area contributed by atoms with Crippen LogP contribution in [0.1, 0.15) is 15.2 Å². The van der Waals surface area contributed by atoms with Crippen molar-refractivity contribution in [3.8, 4) is 0 Å². The third kappa shape index (κ3) is 3.34. The summed E-state index contributed by atoms with van der Waals surface area (Å²) in [5.74, 6) is -1.16. The van der Waals surface area contributed by atoms with Crippen LogP contribution in [0.5, 0.6) is 0 Å². The molecule has 2 aromatic heterocycles. The van der Waals surface area contributed by atoms with Crippen molar-refractivity contribution in [1.82, 2.24) is 14.1 Å². The maximum Gasteiger partial charge on any atom is 0.345 e. The van der Waals surface area contributed by atoms with Gasteiger partial charge in [-0.3, -0.25) is 4.68 Å². The highest BCUT2D eigenvalue weighted by Crippen LogP contribution is 2.33. The Morgan fingerprint density at radius 3 is 2.71 bits per heavy atom. The predicted molar refractivity (Wildman–Crippen MR) is 80.8 cm³/mol. The molecule has 0 saturated carbocycles. The van der Waals surface area contributed by atoms with Gasteiger partial charge in [0.15, 0.2) is 0 Å². The zero-order valence-electron chi connectivity index (χ0n) is 11.1. The minimum absolute atomic E-state index is 0.0322. The number of rotatable bonds is 5. The second-order valence-corrected chi connectivity index (χ2v) is 8.72. The Hall–Kier alpha value is -1.23. The van der Waals surface area contributed by atoms with Crippen LogP contribution in [0.4, 0.5) is 0 Å². The van der Waals surface area contributed by atoms with Crippen molar-refractivity contribution in [2.75, 3.05) is 7.05 Å². The molecule has 0 spiro atoms. The Morgan fingerprint density at radius 1 is 1.57 bits per heavy atom. The normalized spacial score (nSPS) is 12.0. The monoisotopic (exact) mass is 393 g/mol. The molecule has 0 aliphatic heterocycles. The number of aromatic carboxylic acids is 1. The number of hydrogen-bond donors (Lipinski definition) is 1. The van der Waals surface area contributed by atoms with E-state index < -0.39 is 16.0 Å². The van der Waals surface area contributed by atoms with E-state index in [4.69, 9.17) is 5.11 Å². The maximum atomic E-state index is 12.5. The van der Waals surface area contributed by atoms with E-state index in [0.717, 1.165) is 27.3 Å². The highest BCUT2D eigenvalue weighted by Gasteiger charge is 2.27. The predicted octanol–water partition coefficient (Wildman–Crippen LogP) is 1.76. The summed E-state index contributed by atoms with van der Waals surface area (Å²) in [4.78, 5) is 10.8. The van der Waals surface area contributed by atoms with E-state index in [2.05, 4.69) is 21.0 Å². The van der Waals surface area contributed by atoms with E-state index in [0.29, 0.717) is 0 Å². The van der Waals surface area contributed by atoms with Crippen molar-refractivity contribution < 1.29 is 18.3 Å². The van der Waals surface area contributed by atoms with Crippen molar-refractivity contribution in [3.05, 3.63) is 32.7 Å². The molecule has 0 bridgehead atoms. The number of halogens is 1. The molecule has 0 aliphatic carbocycles. The van der Waals surface area contributed by atoms with Gasteiger partial charge in [0, 0.05) is 32.4 Å². The molecule has 7 nitrogen and oxygen atoms in total. The fourth-order valence-corrected chi connectivity index (χ4v) is 5.20. The van der Waals surface area contributed by atoms with Crippen LogP contribution < -0.4 is 0 Å². The second kappa shape index (κ2) is 5.87. The molecule has 21 heavy (non-hydrogen) atoms. The van der Waals surface area contributed by atoms with Crippen LogP contribution in [0.25, 0.3) is 0 Å². The first-order valence-corrected chi connectivity index (χ1v) is 8.73. The number of carboxylic acid groups (broad SMARTS) is 1. The summed E-state index contributed by atoms with van der Waals surface area (Å²) in [6.07, 6.45) is 3.30. The van der Waals surface area contributed by atoms with E-state index in [1.165, 1.54) is 7.05 Å². The summed E-state index contributed by atoms with van der Waals surface area (Å²) < 4.78 is 28.0. The zero-order valence-corrected chi connectivity index (χ0v) is 14.4. The summed E-state index contributed by atoms with van der Waals surface area (Å²) in [5.41, 5.74) is 0.744. The lowest BCUT2D eigenvalue weighted by atomic mass is 10.4. The first-order chi connectivity index (χ1) is 9.71. The summed E-state index contributed by atoms with van der Waals surface area (Å²) in [6, 6.07) is 1.16. The van der Waals surface area contributed by atoms with Gasteiger partial charge in [-0.15, -0.1) is 11.3 Å². The molecule has 0 unspecified atom stereocenters. The Labute approximate surface area is 134 Å². The molecule has 0 radical (unpaired) electrons. The molecule has 0 aromatic carbocycles. The van der Waals surface area contributed by atoms with Gasteiger partial charge in [-0.25, -0.2) is 13.2 Å². The van der Waals surface area contributed by atoms with Gasteiger partial charge in [-0.2, -0.15) is 9.40 Å². The smallest absolute Gasteiger partial charge is 0.345 e. The maximum absolute atomic E-state index is 12.5. The van der Waals surface area contributed by atoms with Gasteiger partial charge in [0.05, 0.1) is 9.98 Å². The van der Waals surface area contributed by atoms with Crippen LogP contribution in [-0.4, -0.2) is 40.6 Å². The number of carbonyl (C=O) groups is 1. The molecule has 0 aliphatic rings. The largest absolute Gasteiger partial charge is 0.477 e. The average Bonchev–Trinajstić information content (AvgIpc) is 2.96. The van der Waals surface area contributed by atoms with Crippen molar-refractivity contribution in [2.45, 2.75) is 11.4 Å². The minimum Gasteiger partial charge on any atom is -0.477 e. The van der Waals surface area contributed by atoms with Crippen molar-refractivity contribution in [1.29, 1.82) is 0 Å². The molecule has 1 N–H and O–H groups in total. The van der Waals surface area contributed by atoms with Gasteiger partial charge in [-0.05, 0) is 22.0 Å². The van der Waals surface area contributed by atoms with Gasteiger partial charge in [-0.1, -0.05) is 0 Å². The van der Waals surface area contributed by atoms with Gasteiger partial charge in [0.2, 0.25) is 10.0 Å². The molecule has 2 rings (SSSR count). The number of carboxylic acids is 1. The third-order valence-electron chi connectivity index (χ3n) is 2.72. The molecule has 10 heteroatoms. The van der Waals surface area contributed by atoms with Crippen LogP contribution in [0.3, 0.4) is 0 Å². The van der Waals surface area contributed by atoms with E-state index in [9.17, 15) is 13.2 Å². The molecule has 0 fully saturated rings. The highest BCUT2D eigenvalue weighted by atomic mass is 79.9. The third-order valence-corrected chi connectivity index (χ3v) is 6.76. The Morgan fingerprint density at radius 2 is 2.24 bits per heavy atom. The first kappa shape index (κ1) is 16.1. The van der Waals surface area contributed by atoms with Crippen LogP contribution in [0.15, 0.2) is 27.1 Å². The van der Waals surface area contributed by atoms with Gasteiger partial charge >= 0.3 is 5.97 Å². The Balaban J connectivity index is 2.30. The lowest BCUT2D eigenvalue weighted by molar-refractivity contribution is 0.0702. The lowest BCUT2D eigenvalue weighted by Crippen LogP contribution is -2.26. The molecule has 114 valence electrons. The van der Waals surface area contributed by atoms with Crippen molar-refractivity contribution in [3.63, 3.8) is 0 Å². The number of thiophene rings is 1. The van der Waals surface area contributed by atoms with Crippen LogP contribution in [-0.2, 0) is 23.6 Å². The second-order valence-electron chi connectivity index (χ2n) is 4.34. The van der Waals surface area contributed by atoms with Crippen LogP contribution in [0, 0.1) is 0 Å². The topological polar surface area (TPSA) is 92.5 Å². The molecular weight excluding hydrogens is 382 g/mol. The number of sulfonamides is 1. The quantitative estimate of drug-likeness (QED) is 0.835. The van der Waals surface area contributed by atoms with Gasteiger partial charge in [0.1, 0.15) is 9.77 Å². The summed E-state index contributed by atoms with van der Waals surface area (Å²) in [5, 5.41) is 12.9. The lowest BCUT2D eigenvalue weighted by Gasteiger charge is -2.15. The number of aryl methyl sites for hydroxylation is 1. The average molecular weight is 394 g/mol. The van der Waals surface area contributed by atoms with Gasteiger partial charge < -0.3 is 5.11 Å². The van der Waals surface area contributed by atoms with Crippen LogP contribution >= 0.6 is 27.3 Å². The Kier molecular flexibility index (Phi) is 4.51. The highest BCUT2D eigenvalue weighted by molar-refractivity contribution is 9.11. The number of nitrogens with zero attached hydrogens (tertiary/aromatic N) is 3. The number of hydrogen-bond acceptors (Lipinski definition) is 5. The number of aromatic nitrogens is 2. The first-order valence-electron chi connectivity index (χ1n) is 5.68. The summed E-state index contributed by atoms with van der Waals surface area (Å²) in [6.45, 7) is 0.154. The Bertz CT molecular complexity index is 781. The summed E-state index contributed by atoms with van der Waals surface area (Å²) >= 11 is 3.98. The molecule has 0 saturated heterocycles. The standard InChI is InChI=1S/C11H12BrN3O4S2/c1-14-5-7(4-13-14)6-15(2)21(18,19)9-3-8(11(16)17)20-10(9)12/h3-5H,6H2,1-2H3,(H,16,17). The molecular formula is C11H12BrN3O4S2.